The molecule has 4 rings (SSSR count). The lowest BCUT2D eigenvalue weighted by molar-refractivity contribution is 0.251. The van der Waals surface area contributed by atoms with E-state index >= 15 is 0 Å². The van der Waals surface area contributed by atoms with Crippen molar-refractivity contribution >= 4 is 33.3 Å². The molecule has 0 spiro atoms. The van der Waals surface area contributed by atoms with Crippen LogP contribution in [0.2, 0.25) is 0 Å². The van der Waals surface area contributed by atoms with Gasteiger partial charge in [-0.3, -0.25) is 4.98 Å². The SMILES string of the molecule is CN(C1CC2CCC(C1)N2)S(=O)(=O)c1cccc2ncccc12.Cl. The number of halogens is 1. The van der Waals surface area contributed by atoms with Gasteiger partial charge in [-0.05, 0) is 49.9 Å². The normalized spacial score (nSPS) is 26.5. The summed E-state index contributed by atoms with van der Waals surface area (Å²) in [5.74, 6) is 0. The fourth-order valence-electron chi connectivity index (χ4n) is 3.98. The first-order chi connectivity index (χ1) is 11.1. The molecule has 0 radical (unpaired) electrons. The van der Waals surface area contributed by atoms with Crippen molar-refractivity contribution in [1.29, 1.82) is 0 Å². The fraction of sp³-hybridized carbons (Fsp3) is 0.471. The van der Waals surface area contributed by atoms with Crippen LogP contribution in [0.15, 0.2) is 41.4 Å². The van der Waals surface area contributed by atoms with E-state index in [4.69, 9.17) is 0 Å². The predicted octanol–water partition coefficient (Wildman–Crippen LogP) is 2.56. The highest BCUT2D eigenvalue weighted by Crippen LogP contribution is 2.33. The van der Waals surface area contributed by atoms with E-state index in [2.05, 4.69) is 10.3 Å². The average Bonchev–Trinajstić information content (AvgIpc) is 2.91. The van der Waals surface area contributed by atoms with Crippen LogP contribution in [0, 0.1) is 0 Å². The predicted molar refractivity (Wildman–Crippen MR) is 96.9 cm³/mol. The van der Waals surface area contributed by atoms with Crippen molar-refractivity contribution in [2.45, 2.75) is 48.7 Å². The van der Waals surface area contributed by atoms with Gasteiger partial charge < -0.3 is 5.32 Å². The van der Waals surface area contributed by atoms with E-state index in [0.717, 1.165) is 25.7 Å². The van der Waals surface area contributed by atoms with Crippen LogP contribution < -0.4 is 5.32 Å². The van der Waals surface area contributed by atoms with Gasteiger partial charge in [-0.2, -0.15) is 4.31 Å². The van der Waals surface area contributed by atoms with Crippen molar-refractivity contribution in [2.24, 2.45) is 0 Å². The van der Waals surface area contributed by atoms with Gasteiger partial charge in [0, 0.05) is 36.8 Å². The van der Waals surface area contributed by atoms with Crippen molar-refractivity contribution in [2.75, 3.05) is 7.05 Å². The quantitative estimate of drug-likeness (QED) is 0.905. The van der Waals surface area contributed by atoms with Gasteiger partial charge in [0.2, 0.25) is 10.0 Å². The van der Waals surface area contributed by atoms with Crippen LogP contribution >= 0.6 is 12.4 Å². The number of aromatic nitrogens is 1. The Labute approximate surface area is 148 Å². The lowest BCUT2D eigenvalue weighted by atomic mass is 10.0. The molecular formula is C17H22ClN3O2S. The molecule has 0 saturated carbocycles. The summed E-state index contributed by atoms with van der Waals surface area (Å²) in [6, 6.07) is 9.91. The first-order valence-electron chi connectivity index (χ1n) is 8.13. The molecule has 2 saturated heterocycles. The first kappa shape index (κ1) is 17.6. The highest BCUT2D eigenvalue weighted by Gasteiger charge is 2.39. The van der Waals surface area contributed by atoms with E-state index in [-0.39, 0.29) is 18.4 Å². The van der Waals surface area contributed by atoms with Gasteiger partial charge in [-0.1, -0.05) is 6.07 Å². The molecular weight excluding hydrogens is 346 g/mol. The number of benzene rings is 1. The third-order valence-corrected chi connectivity index (χ3v) is 7.19. The number of fused-ring (bicyclic) bond motifs is 3. The molecule has 7 heteroatoms. The second-order valence-corrected chi connectivity index (χ2v) is 8.58. The molecule has 0 aliphatic carbocycles. The smallest absolute Gasteiger partial charge is 0.243 e. The molecule has 2 aromatic rings. The summed E-state index contributed by atoms with van der Waals surface area (Å²) < 4.78 is 27.9. The molecule has 1 N–H and O–H groups in total. The van der Waals surface area contributed by atoms with Crippen LogP contribution in [-0.2, 0) is 10.0 Å². The molecule has 2 aliphatic heterocycles. The molecule has 2 bridgehead atoms. The molecule has 3 heterocycles. The Kier molecular flexibility index (Phi) is 4.84. The second kappa shape index (κ2) is 6.59. The molecule has 130 valence electrons. The Hall–Kier alpha value is -1.21. The van der Waals surface area contributed by atoms with Crippen LogP contribution in [0.4, 0.5) is 0 Å². The number of nitrogens with one attached hydrogen (secondary N) is 1. The minimum Gasteiger partial charge on any atom is -0.311 e. The Balaban J connectivity index is 0.00000169. The maximum atomic E-state index is 13.2. The molecule has 24 heavy (non-hydrogen) atoms. The van der Waals surface area contributed by atoms with Gasteiger partial charge in [-0.15, -0.1) is 12.4 Å². The molecule has 0 amide bonds. The van der Waals surface area contributed by atoms with Crippen LogP contribution in [0.3, 0.4) is 0 Å². The van der Waals surface area contributed by atoms with E-state index in [0.29, 0.717) is 27.9 Å². The zero-order valence-corrected chi connectivity index (χ0v) is 15.2. The molecule has 2 unspecified atom stereocenters. The van der Waals surface area contributed by atoms with E-state index < -0.39 is 10.0 Å². The number of hydrogen-bond donors (Lipinski definition) is 1. The van der Waals surface area contributed by atoms with Crippen LogP contribution in [0.5, 0.6) is 0 Å². The molecule has 5 nitrogen and oxygen atoms in total. The van der Waals surface area contributed by atoms with Gasteiger partial charge >= 0.3 is 0 Å². The van der Waals surface area contributed by atoms with E-state index in [1.165, 1.54) is 0 Å². The average molecular weight is 368 g/mol. The fourth-order valence-corrected chi connectivity index (χ4v) is 5.55. The molecule has 2 fully saturated rings. The molecule has 2 atom stereocenters. The van der Waals surface area contributed by atoms with Gasteiger partial charge in [0.1, 0.15) is 0 Å². The summed E-state index contributed by atoms with van der Waals surface area (Å²) in [4.78, 5) is 4.63. The summed E-state index contributed by atoms with van der Waals surface area (Å²) in [6.07, 6.45) is 5.80. The Morgan fingerprint density at radius 2 is 1.83 bits per heavy atom. The topological polar surface area (TPSA) is 62.3 Å². The number of pyridine rings is 1. The van der Waals surface area contributed by atoms with Gasteiger partial charge in [0.25, 0.3) is 0 Å². The van der Waals surface area contributed by atoms with Gasteiger partial charge in [0.05, 0.1) is 10.4 Å². The van der Waals surface area contributed by atoms with Crippen molar-refractivity contribution in [3.05, 3.63) is 36.5 Å². The first-order valence-corrected chi connectivity index (χ1v) is 9.57. The summed E-state index contributed by atoms with van der Waals surface area (Å²) in [5, 5.41) is 4.26. The second-order valence-electron chi connectivity index (χ2n) is 6.61. The van der Waals surface area contributed by atoms with Crippen LogP contribution in [0.25, 0.3) is 10.9 Å². The summed E-state index contributed by atoms with van der Waals surface area (Å²) in [5.41, 5.74) is 0.715. The maximum absolute atomic E-state index is 13.2. The number of sulfonamides is 1. The van der Waals surface area contributed by atoms with Crippen LogP contribution in [-0.4, -0.2) is 42.9 Å². The number of piperidine rings is 1. The number of nitrogens with zero attached hydrogens (tertiary/aromatic N) is 2. The number of hydrogen-bond acceptors (Lipinski definition) is 4. The van der Waals surface area contributed by atoms with Crippen molar-refractivity contribution in [3.8, 4) is 0 Å². The third-order valence-electron chi connectivity index (χ3n) is 5.23. The van der Waals surface area contributed by atoms with Gasteiger partial charge in [0.15, 0.2) is 0 Å². The zero-order valence-electron chi connectivity index (χ0n) is 13.6. The Morgan fingerprint density at radius 1 is 1.12 bits per heavy atom. The summed E-state index contributed by atoms with van der Waals surface area (Å²) in [7, 11) is -1.80. The van der Waals surface area contributed by atoms with Crippen molar-refractivity contribution in [3.63, 3.8) is 0 Å². The molecule has 1 aromatic carbocycles. The highest BCUT2D eigenvalue weighted by atomic mass is 35.5. The molecule has 2 aliphatic rings. The minimum atomic E-state index is -3.52. The highest BCUT2D eigenvalue weighted by molar-refractivity contribution is 7.89. The lowest BCUT2D eigenvalue weighted by Gasteiger charge is -2.35. The largest absolute Gasteiger partial charge is 0.311 e. The third kappa shape index (κ3) is 2.92. The number of rotatable bonds is 3. The van der Waals surface area contributed by atoms with Crippen molar-refractivity contribution in [1.82, 2.24) is 14.6 Å². The van der Waals surface area contributed by atoms with Crippen LogP contribution in [0.1, 0.15) is 25.7 Å². The standard InChI is InChI=1S/C17H21N3O2S.ClH/c1-20(14-10-12-7-8-13(11-14)19-12)23(21,22)17-6-2-5-16-15(17)4-3-9-18-16;/h2-6,9,12-14,19H,7-8,10-11H2,1H3;1H. The van der Waals surface area contributed by atoms with E-state index in [1.807, 2.05) is 12.1 Å². The lowest BCUT2D eigenvalue weighted by Crippen LogP contribution is -2.48. The summed E-state index contributed by atoms with van der Waals surface area (Å²) >= 11 is 0. The Bertz CT molecular complexity index is 825. The summed E-state index contributed by atoms with van der Waals surface area (Å²) in [6.45, 7) is 0. The van der Waals surface area contributed by atoms with Crippen molar-refractivity contribution < 1.29 is 8.42 Å². The Morgan fingerprint density at radius 3 is 2.54 bits per heavy atom. The molecule has 1 aromatic heterocycles. The zero-order chi connectivity index (χ0) is 16.0. The minimum absolute atomic E-state index is 0. The van der Waals surface area contributed by atoms with E-state index in [1.54, 1.807) is 35.7 Å². The van der Waals surface area contributed by atoms with Gasteiger partial charge in [-0.25, -0.2) is 8.42 Å². The monoisotopic (exact) mass is 367 g/mol. The van der Waals surface area contributed by atoms with E-state index in [9.17, 15) is 8.42 Å². The maximum Gasteiger partial charge on any atom is 0.243 e.